The molecule has 2 atom stereocenters. The largest absolute Gasteiger partial charge is 0.338 e. The summed E-state index contributed by atoms with van der Waals surface area (Å²) in [5.41, 5.74) is 0. The second-order valence-corrected chi connectivity index (χ2v) is 7.71. The van der Waals surface area contributed by atoms with Gasteiger partial charge in [-0.05, 0) is 45.4 Å². The Kier molecular flexibility index (Phi) is 3.62. The van der Waals surface area contributed by atoms with Gasteiger partial charge in [-0.2, -0.15) is 0 Å². The van der Waals surface area contributed by atoms with Crippen LogP contribution in [0.2, 0.25) is 0 Å². The molecule has 0 aromatic heterocycles. The molecular weight excluding hydrogens is 266 g/mol. The van der Waals surface area contributed by atoms with Crippen LogP contribution in [0.1, 0.15) is 52.4 Å². The molecule has 1 heterocycles. The minimum Gasteiger partial charge on any atom is -0.338 e. The molecule has 0 radical (unpaired) electrons. The fourth-order valence-electron chi connectivity index (χ4n) is 3.22. The Morgan fingerprint density at radius 2 is 1.81 bits per heavy atom. The second kappa shape index (κ2) is 4.67. The van der Waals surface area contributed by atoms with Crippen molar-refractivity contribution >= 4 is 21.8 Å². The molecule has 1 saturated carbocycles. The number of hydrogen-bond donors (Lipinski definition) is 0. The molecule has 0 unspecified atom stereocenters. The quantitative estimate of drug-likeness (QED) is 0.678. The molecule has 1 aliphatic carbocycles. The highest BCUT2D eigenvalue weighted by molar-refractivity contribution is 9.10. The van der Waals surface area contributed by atoms with E-state index in [9.17, 15) is 4.79 Å². The summed E-state index contributed by atoms with van der Waals surface area (Å²) in [6.07, 6.45) is 7.73. The van der Waals surface area contributed by atoms with Crippen molar-refractivity contribution in [3.63, 3.8) is 0 Å². The van der Waals surface area contributed by atoms with E-state index in [1.54, 1.807) is 0 Å². The molecule has 0 aromatic rings. The molecule has 0 N–H and O–H groups in total. The number of rotatable bonds is 1. The first-order valence-electron chi connectivity index (χ1n) is 6.50. The number of amides is 1. The first-order chi connectivity index (χ1) is 7.50. The molecule has 0 bridgehead atoms. The predicted octanol–water partition coefficient (Wildman–Crippen LogP) is 3.34. The van der Waals surface area contributed by atoms with Crippen LogP contribution in [0, 0.1) is 5.92 Å². The van der Waals surface area contributed by atoms with Gasteiger partial charge in [-0.3, -0.25) is 4.79 Å². The van der Waals surface area contributed by atoms with E-state index in [0.29, 0.717) is 6.04 Å². The molecule has 1 aliphatic heterocycles. The maximum atomic E-state index is 12.4. The number of hydrogen-bond acceptors (Lipinski definition) is 1. The highest BCUT2D eigenvalue weighted by Gasteiger charge is 2.39. The Bertz CT molecular complexity index is 270. The van der Waals surface area contributed by atoms with Gasteiger partial charge >= 0.3 is 0 Å². The van der Waals surface area contributed by atoms with Crippen molar-refractivity contribution in [3.05, 3.63) is 0 Å². The van der Waals surface area contributed by atoms with Crippen molar-refractivity contribution in [2.45, 2.75) is 62.7 Å². The van der Waals surface area contributed by atoms with Gasteiger partial charge in [0.1, 0.15) is 0 Å². The lowest BCUT2D eigenvalue weighted by atomic mass is 9.78. The molecule has 16 heavy (non-hydrogen) atoms. The van der Waals surface area contributed by atoms with Crippen LogP contribution in [0.25, 0.3) is 0 Å². The van der Waals surface area contributed by atoms with Crippen LogP contribution in [0.5, 0.6) is 0 Å². The van der Waals surface area contributed by atoms with Gasteiger partial charge in [0, 0.05) is 12.6 Å². The Labute approximate surface area is 107 Å². The highest BCUT2D eigenvalue weighted by Crippen LogP contribution is 2.37. The fraction of sp³-hybridized carbons (Fsp3) is 0.923. The summed E-state index contributed by atoms with van der Waals surface area (Å²) in [6.45, 7) is 4.89. The zero-order chi connectivity index (χ0) is 11.8. The van der Waals surface area contributed by atoms with Crippen LogP contribution in [0.3, 0.4) is 0 Å². The van der Waals surface area contributed by atoms with Gasteiger partial charge in [0.2, 0.25) is 5.91 Å². The van der Waals surface area contributed by atoms with Gasteiger partial charge in [0.25, 0.3) is 0 Å². The lowest BCUT2D eigenvalue weighted by Gasteiger charge is -2.45. The van der Waals surface area contributed by atoms with Gasteiger partial charge < -0.3 is 4.90 Å². The first kappa shape index (κ1) is 12.4. The second-order valence-electron chi connectivity index (χ2n) is 5.73. The summed E-state index contributed by atoms with van der Waals surface area (Å²) in [6, 6.07) is 0.534. The lowest BCUT2D eigenvalue weighted by Crippen LogP contribution is -2.53. The Morgan fingerprint density at radius 1 is 1.19 bits per heavy atom. The lowest BCUT2D eigenvalue weighted by molar-refractivity contribution is -0.139. The summed E-state index contributed by atoms with van der Waals surface area (Å²) in [5.74, 6) is 1.06. The molecule has 2 fully saturated rings. The Hall–Kier alpha value is -0.0500. The first-order valence-corrected chi connectivity index (χ1v) is 7.29. The summed E-state index contributed by atoms with van der Waals surface area (Å²) in [4.78, 5) is 14.5. The average Bonchev–Trinajstić information content (AvgIpc) is 2.26. The van der Waals surface area contributed by atoms with Crippen molar-refractivity contribution in [1.82, 2.24) is 4.90 Å². The number of piperidine rings is 1. The number of carbonyl (C=O) groups is 1. The summed E-state index contributed by atoms with van der Waals surface area (Å²) < 4.78 is -0.396. The van der Waals surface area contributed by atoms with Crippen LogP contribution < -0.4 is 0 Å². The zero-order valence-electron chi connectivity index (χ0n) is 10.3. The van der Waals surface area contributed by atoms with Crippen LogP contribution >= 0.6 is 15.9 Å². The number of alkyl halides is 1. The monoisotopic (exact) mass is 287 g/mol. The van der Waals surface area contributed by atoms with E-state index >= 15 is 0 Å². The van der Waals surface area contributed by atoms with Gasteiger partial charge in [-0.15, -0.1) is 0 Å². The molecule has 2 nitrogen and oxygen atoms in total. The Balaban J connectivity index is 2.11. The third kappa shape index (κ3) is 2.44. The topological polar surface area (TPSA) is 20.3 Å². The summed E-state index contributed by atoms with van der Waals surface area (Å²) in [7, 11) is 0. The maximum absolute atomic E-state index is 12.4. The van der Waals surface area contributed by atoms with Crippen molar-refractivity contribution in [2.24, 2.45) is 5.92 Å². The van der Waals surface area contributed by atoms with Crippen molar-refractivity contribution < 1.29 is 4.79 Å². The molecule has 0 spiro atoms. The number of carbonyl (C=O) groups excluding carboxylic acids is 1. The molecule has 0 aromatic carbocycles. The minimum absolute atomic E-state index is 0.282. The van der Waals surface area contributed by atoms with Crippen molar-refractivity contribution in [3.8, 4) is 0 Å². The van der Waals surface area contributed by atoms with Crippen LogP contribution in [0.15, 0.2) is 0 Å². The van der Waals surface area contributed by atoms with Crippen LogP contribution in [-0.2, 0) is 4.79 Å². The SMILES string of the molecule is CC(C)(Br)C(=O)N1CCC[C@H]2CCCC[C@H]21. The minimum atomic E-state index is -0.396. The standard InChI is InChI=1S/C13H22BrNO/c1-13(2,14)12(16)15-9-5-7-10-6-3-4-8-11(10)15/h10-11H,3-9H2,1-2H3/t10-,11-/m1/s1. The maximum Gasteiger partial charge on any atom is 0.239 e. The van der Waals surface area contributed by atoms with Gasteiger partial charge in [-0.25, -0.2) is 0 Å². The highest BCUT2D eigenvalue weighted by atomic mass is 79.9. The van der Waals surface area contributed by atoms with E-state index in [-0.39, 0.29) is 5.91 Å². The summed E-state index contributed by atoms with van der Waals surface area (Å²) >= 11 is 3.50. The fourth-order valence-corrected chi connectivity index (χ4v) is 3.45. The molecule has 1 saturated heterocycles. The molecule has 2 aliphatic rings. The number of halogens is 1. The van der Waals surface area contributed by atoms with E-state index < -0.39 is 4.32 Å². The van der Waals surface area contributed by atoms with Gasteiger partial charge in [-0.1, -0.05) is 28.8 Å². The number of likely N-dealkylation sites (tertiary alicyclic amines) is 1. The summed E-state index contributed by atoms with van der Waals surface area (Å²) in [5, 5.41) is 0. The number of fused-ring (bicyclic) bond motifs is 1. The smallest absolute Gasteiger partial charge is 0.239 e. The number of nitrogens with zero attached hydrogens (tertiary/aromatic N) is 1. The van der Waals surface area contributed by atoms with Crippen LogP contribution in [-0.4, -0.2) is 27.7 Å². The van der Waals surface area contributed by atoms with Crippen molar-refractivity contribution in [1.29, 1.82) is 0 Å². The van der Waals surface area contributed by atoms with Crippen molar-refractivity contribution in [2.75, 3.05) is 6.54 Å². The third-order valence-electron chi connectivity index (χ3n) is 4.01. The van der Waals surface area contributed by atoms with Gasteiger partial charge in [0.15, 0.2) is 0 Å². The molecule has 92 valence electrons. The average molecular weight is 288 g/mol. The van der Waals surface area contributed by atoms with Gasteiger partial charge in [0.05, 0.1) is 4.32 Å². The van der Waals surface area contributed by atoms with E-state index in [0.717, 1.165) is 12.5 Å². The van der Waals surface area contributed by atoms with E-state index in [1.807, 2.05) is 13.8 Å². The molecular formula is C13H22BrNO. The molecule has 3 heteroatoms. The predicted molar refractivity (Wildman–Crippen MR) is 69.7 cm³/mol. The van der Waals surface area contributed by atoms with E-state index in [4.69, 9.17) is 0 Å². The third-order valence-corrected chi connectivity index (χ3v) is 4.35. The van der Waals surface area contributed by atoms with Crippen LogP contribution in [0.4, 0.5) is 0 Å². The van der Waals surface area contributed by atoms with E-state index in [2.05, 4.69) is 20.8 Å². The zero-order valence-corrected chi connectivity index (χ0v) is 11.9. The normalized spacial score (nSPS) is 31.1. The molecule has 2 rings (SSSR count). The molecule has 1 amide bonds. The van der Waals surface area contributed by atoms with E-state index in [1.165, 1.54) is 38.5 Å². The Morgan fingerprint density at radius 3 is 2.50 bits per heavy atom.